The van der Waals surface area contributed by atoms with Crippen LogP contribution in [0.4, 0.5) is 5.69 Å². The van der Waals surface area contributed by atoms with Crippen molar-refractivity contribution >= 4 is 23.3 Å². The maximum absolute atomic E-state index is 11.7. The lowest BCUT2D eigenvalue weighted by Crippen LogP contribution is -2.24. The molecule has 2 rings (SSSR count). The highest BCUT2D eigenvalue weighted by molar-refractivity contribution is 6.21. The van der Waals surface area contributed by atoms with Crippen molar-refractivity contribution in [1.29, 1.82) is 0 Å². The second kappa shape index (κ2) is 4.01. The van der Waals surface area contributed by atoms with E-state index in [1.807, 2.05) is 6.92 Å². The molecule has 0 bridgehead atoms. The molecule has 0 saturated carbocycles. The van der Waals surface area contributed by atoms with E-state index in [1.54, 1.807) is 18.2 Å². The standard InChI is InChI=1S/C12H13N3O2/c1-3-10(13)14-7-4-5-8-9(6-7)12(17)15(2)11(8)16/h4-6H,3H2,1-2H3,(H2,13,14). The number of hydrogen-bond acceptors (Lipinski definition) is 3. The summed E-state index contributed by atoms with van der Waals surface area (Å²) in [6, 6.07) is 4.90. The summed E-state index contributed by atoms with van der Waals surface area (Å²) in [5.41, 5.74) is 7.04. The summed E-state index contributed by atoms with van der Waals surface area (Å²) in [4.78, 5) is 28.6. The fourth-order valence-corrected chi connectivity index (χ4v) is 1.66. The first-order valence-corrected chi connectivity index (χ1v) is 5.34. The molecule has 0 saturated heterocycles. The van der Waals surface area contributed by atoms with E-state index < -0.39 is 0 Å². The molecule has 5 heteroatoms. The van der Waals surface area contributed by atoms with Crippen molar-refractivity contribution in [2.24, 2.45) is 10.7 Å². The number of nitrogens with zero attached hydrogens (tertiary/aromatic N) is 2. The molecule has 1 aliphatic rings. The first-order valence-electron chi connectivity index (χ1n) is 5.34. The fraction of sp³-hybridized carbons (Fsp3) is 0.250. The molecule has 2 amide bonds. The number of imide groups is 1. The predicted molar refractivity (Wildman–Crippen MR) is 64.4 cm³/mol. The van der Waals surface area contributed by atoms with Crippen LogP contribution in [0.15, 0.2) is 23.2 Å². The Labute approximate surface area is 98.9 Å². The summed E-state index contributed by atoms with van der Waals surface area (Å²) in [6.45, 7) is 1.90. The Morgan fingerprint density at radius 2 is 1.94 bits per heavy atom. The van der Waals surface area contributed by atoms with Gasteiger partial charge in [-0.1, -0.05) is 6.92 Å². The topological polar surface area (TPSA) is 75.8 Å². The lowest BCUT2D eigenvalue weighted by molar-refractivity contribution is 0.0693. The molecule has 0 aromatic heterocycles. The van der Waals surface area contributed by atoms with E-state index in [0.29, 0.717) is 29.1 Å². The van der Waals surface area contributed by atoms with Gasteiger partial charge in [0.25, 0.3) is 11.8 Å². The van der Waals surface area contributed by atoms with Crippen molar-refractivity contribution in [2.75, 3.05) is 7.05 Å². The van der Waals surface area contributed by atoms with Gasteiger partial charge in [-0.15, -0.1) is 0 Å². The largest absolute Gasteiger partial charge is 0.387 e. The Hall–Kier alpha value is -2.17. The number of amidine groups is 1. The van der Waals surface area contributed by atoms with Crippen molar-refractivity contribution < 1.29 is 9.59 Å². The molecule has 1 aliphatic heterocycles. The zero-order valence-corrected chi connectivity index (χ0v) is 9.73. The number of amides is 2. The quantitative estimate of drug-likeness (QED) is 0.473. The van der Waals surface area contributed by atoms with Crippen LogP contribution in [0.1, 0.15) is 34.1 Å². The Morgan fingerprint density at radius 3 is 2.59 bits per heavy atom. The van der Waals surface area contributed by atoms with E-state index >= 15 is 0 Å². The molecule has 5 nitrogen and oxygen atoms in total. The zero-order chi connectivity index (χ0) is 12.6. The Balaban J connectivity index is 2.47. The number of hydrogen-bond donors (Lipinski definition) is 1. The van der Waals surface area contributed by atoms with Gasteiger partial charge < -0.3 is 5.73 Å². The number of aliphatic imine (C=N–C) groups is 1. The summed E-state index contributed by atoms with van der Waals surface area (Å²) >= 11 is 0. The first-order chi connectivity index (χ1) is 8.04. The second-order valence-corrected chi connectivity index (χ2v) is 3.86. The van der Waals surface area contributed by atoms with Crippen molar-refractivity contribution in [2.45, 2.75) is 13.3 Å². The lowest BCUT2D eigenvalue weighted by Gasteiger charge is -2.02. The number of nitrogens with two attached hydrogens (primary N) is 1. The first kappa shape index (κ1) is 11.3. The van der Waals surface area contributed by atoms with Gasteiger partial charge in [0.15, 0.2) is 0 Å². The Kier molecular flexibility index (Phi) is 2.67. The third-order valence-corrected chi connectivity index (χ3v) is 2.71. The predicted octanol–water partition coefficient (Wildman–Crippen LogP) is 1.31. The van der Waals surface area contributed by atoms with E-state index in [4.69, 9.17) is 5.73 Å². The molecule has 2 N–H and O–H groups in total. The lowest BCUT2D eigenvalue weighted by atomic mass is 10.1. The van der Waals surface area contributed by atoms with Crippen LogP contribution in [-0.2, 0) is 0 Å². The molecule has 1 aromatic carbocycles. The third kappa shape index (κ3) is 1.80. The van der Waals surface area contributed by atoms with Crippen molar-refractivity contribution in [3.63, 3.8) is 0 Å². The van der Waals surface area contributed by atoms with Crippen LogP contribution in [0.3, 0.4) is 0 Å². The van der Waals surface area contributed by atoms with Gasteiger partial charge in [-0.2, -0.15) is 0 Å². The van der Waals surface area contributed by atoms with Gasteiger partial charge >= 0.3 is 0 Å². The van der Waals surface area contributed by atoms with E-state index in [9.17, 15) is 9.59 Å². The Bertz CT molecular complexity index is 535. The highest BCUT2D eigenvalue weighted by atomic mass is 16.2. The molecule has 0 fully saturated rings. The molecule has 0 atom stereocenters. The second-order valence-electron chi connectivity index (χ2n) is 3.86. The van der Waals surface area contributed by atoms with Crippen molar-refractivity contribution in [3.8, 4) is 0 Å². The van der Waals surface area contributed by atoms with Gasteiger partial charge in [-0.3, -0.25) is 14.5 Å². The van der Waals surface area contributed by atoms with Gasteiger partial charge in [0.2, 0.25) is 0 Å². The minimum Gasteiger partial charge on any atom is -0.387 e. The smallest absolute Gasteiger partial charge is 0.261 e. The SMILES string of the molecule is CCC(N)=Nc1ccc2c(c1)C(=O)N(C)C2=O. The van der Waals surface area contributed by atoms with Gasteiger partial charge in [0.05, 0.1) is 22.6 Å². The number of fused-ring (bicyclic) bond motifs is 1. The normalized spacial score (nSPS) is 15.4. The van der Waals surface area contributed by atoms with E-state index in [1.165, 1.54) is 7.05 Å². The number of rotatable bonds is 2. The monoisotopic (exact) mass is 231 g/mol. The highest BCUT2D eigenvalue weighted by Gasteiger charge is 2.32. The molecule has 1 heterocycles. The molecule has 0 aliphatic carbocycles. The van der Waals surface area contributed by atoms with Crippen molar-refractivity contribution in [3.05, 3.63) is 29.3 Å². The minimum absolute atomic E-state index is 0.274. The Morgan fingerprint density at radius 1 is 1.29 bits per heavy atom. The van der Waals surface area contributed by atoms with Gasteiger partial charge in [-0.05, 0) is 18.2 Å². The van der Waals surface area contributed by atoms with Crippen LogP contribution < -0.4 is 5.73 Å². The summed E-state index contributed by atoms with van der Waals surface area (Å²) in [6.07, 6.45) is 0.643. The molecule has 88 valence electrons. The molecular formula is C12H13N3O2. The van der Waals surface area contributed by atoms with Crippen LogP contribution in [-0.4, -0.2) is 29.6 Å². The third-order valence-electron chi connectivity index (χ3n) is 2.71. The summed E-state index contributed by atoms with van der Waals surface area (Å²) in [5, 5.41) is 0. The van der Waals surface area contributed by atoms with E-state index in [0.717, 1.165) is 4.90 Å². The molecule has 0 spiro atoms. The molecule has 1 aromatic rings. The van der Waals surface area contributed by atoms with E-state index in [-0.39, 0.29) is 11.8 Å². The maximum atomic E-state index is 11.7. The number of benzene rings is 1. The van der Waals surface area contributed by atoms with Crippen LogP contribution in [0.25, 0.3) is 0 Å². The summed E-state index contributed by atoms with van der Waals surface area (Å²) < 4.78 is 0. The molecule has 0 radical (unpaired) electrons. The summed E-state index contributed by atoms with van der Waals surface area (Å²) in [5.74, 6) is -0.0730. The van der Waals surface area contributed by atoms with E-state index in [2.05, 4.69) is 4.99 Å². The summed E-state index contributed by atoms with van der Waals surface area (Å²) in [7, 11) is 1.47. The van der Waals surface area contributed by atoms with Crippen LogP contribution in [0, 0.1) is 0 Å². The average molecular weight is 231 g/mol. The average Bonchev–Trinajstić information content (AvgIpc) is 2.54. The number of carbonyl (C=O) groups excluding carboxylic acids is 2. The molecule has 0 unspecified atom stereocenters. The fourth-order valence-electron chi connectivity index (χ4n) is 1.66. The maximum Gasteiger partial charge on any atom is 0.261 e. The molecular weight excluding hydrogens is 218 g/mol. The number of carbonyl (C=O) groups is 2. The van der Waals surface area contributed by atoms with Gasteiger partial charge in [0, 0.05) is 13.5 Å². The van der Waals surface area contributed by atoms with Gasteiger partial charge in [0.1, 0.15) is 0 Å². The van der Waals surface area contributed by atoms with Crippen molar-refractivity contribution in [1.82, 2.24) is 4.90 Å². The van der Waals surface area contributed by atoms with Gasteiger partial charge in [-0.25, -0.2) is 4.99 Å². The van der Waals surface area contributed by atoms with Crippen LogP contribution in [0.2, 0.25) is 0 Å². The minimum atomic E-state index is -0.294. The van der Waals surface area contributed by atoms with Crippen LogP contribution in [0.5, 0.6) is 0 Å². The zero-order valence-electron chi connectivity index (χ0n) is 9.73. The molecule has 17 heavy (non-hydrogen) atoms. The highest BCUT2D eigenvalue weighted by Crippen LogP contribution is 2.26. The van der Waals surface area contributed by atoms with Crippen LogP contribution >= 0.6 is 0 Å².